The Kier molecular flexibility index (Phi) is 5.26. The minimum Gasteiger partial charge on any atom is -0.497 e. The number of hydrogen-bond donors (Lipinski definition) is 0. The van der Waals surface area contributed by atoms with Crippen molar-refractivity contribution in [3.05, 3.63) is 23.5 Å². The molecule has 0 spiro atoms. The number of methoxy groups -OCH3 is 1. The molecule has 84 valence electrons. The molecular formula is C11H16ClNOS. The van der Waals surface area contributed by atoms with E-state index in [0.29, 0.717) is 11.1 Å². The summed E-state index contributed by atoms with van der Waals surface area (Å²) in [6, 6.07) is 3.90. The summed E-state index contributed by atoms with van der Waals surface area (Å²) in [6.45, 7) is 4.09. The van der Waals surface area contributed by atoms with Crippen LogP contribution >= 0.6 is 23.4 Å². The molecule has 0 saturated heterocycles. The SMILES string of the molecule is COc1cc(C)nc(CSC(C)CCl)c1. The fraction of sp³-hybridized carbons (Fsp3) is 0.545. The van der Waals surface area contributed by atoms with Crippen LogP contribution in [0.2, 0.25) is 0 Å². The minimum absolute atomic E-state index is 0.458. The molecule has 0 aliphatic heterocycles. The molecule has 1 unspecified atom stereocenters. The van der Waals surface area contributed by atoms with Crippen LogP contribution in [0, 0.1) is 6.92 Å². The van der Waals surface area contributed by atoms with Crippen molar-refractivity contribution in [1.29, 1.82) is 0 Å². The van der Waals surface area contributed by atoms with E-state index in [1.807, 2.05) is 30.8 Å². The fourth-order valence-corrected chi connectivity index (χ4v) is 2.13. The highest BCUT2D eigenvalue weighted by Crippen LogP contribution is 2.20. The van der Waals surface area contributed by atoms with Crippen LogP contribution in [-0.2, 0) is 5.75 Å². The Morgan fingerprint density at radius 1 is 1.53 bits per heavy atom. The number of aryl methyl sites for hydroxylation is 1. The lowest BCUT2D eigenvalue weighted by molar-refractivity contribution is 0.413. The minimum atomic E-state index is 0.458. The lowest BCUT2D eigenvalue weighted by atomic mass is 10.3. The molecule has 1 atom stereocenters. The lowest BCUT2D eigenvalue weighted by Crippen LogP contribution is -2.00. The molecule has 15 heavy (non-hydrogen) atoms. The van der Waals surface area contributed by atoms with Gasteiger partial charge in [0.2, 0.25) is 0 Å². The van der Waals surface area contributed by atoms with Crippen molar-refractivity contribution in [1.82, 2.24) is 4.98 Å². The Bertz CT molecular complexity index is 319. The van der Waals surface area contributed by atoms with Crippen LogP contribution in [0.15, 0.2) is 12.1 Å². The Hall–Kier alpha value is -0.410. The number of thioether (sulfide) groups is 1. The predicted octanol–water partition coefficient (Wildman–Crippen LogP) is 3.26. The third kappa shape index (κ3) is 4.31. The van der Waals surface area contributed by atoms with E-state index in [2.05, 4.69) is 11.9 Å². The molecule has 0 aromatic carbocycles. The maximum absolute atomic E-state index is 5.74. The number of rotatable bonds is 5. The summed E-state index contributed by atoms with van der Waals surface area (Å²) < 4.78 is 5.19. The van der Waals surface area contributed by atoms with Crippen molar-refractivity contribution in [3.63, 3.8) is 0 Å². The first-order chi connectivity index (χ1) is 7.15. The normalized spacial score (nSPS) is 12.5. The van der Waals surface area contributed by atoms with Crippen molar-refractivity contribution in [2.24, 2.45) is 0 Å². The second-order valence-corrected chi connectivity index (χ2v) is 5.15. The summed E-state index contributed by atoms with van der Waals surface area (Å²) in [4.78, 5) is 4.44. The number of alkyl halides is 1. The summed E-state index contributed by atoms with van der Waals surface area (Å²) >= 11 is 7.55. The first-order valence-corrected chi connectivity index (χ1v) is 6.43. The van der Waals surface area contributed by atoms with Gasteiger partial charge in [-0.1, -0.05) is 6.92 Å². The summed E-state index contributed by atoms with van der Waals surface area (Å²) in [6.07, 6.45) is 0. The first-order valence-electron chi connectivity index (χ1n) is 4.85. The molecule has 0 fully saturated rings. The Balaban J connectivity index is 2.64. The van der Waals surface area contributed by atoms with Crippen LogP contribution in [0.4, 0.5) is 0 Å². The molecular weight excluding hydrogens is 230 g/mol. The van der Waals surface area contributed by atoms with E-state index in [1.54, 1.807) is 7.11 Å². The van der Waals surface area contributed by atoms with Crippen LogP contribution in [0.3, 0.4) is 0 Å². The van der Waals surface area contributed by atoms with E-state index in [1.165, 1.54) is 0 Å². The highest BCUT2D eigenvalue weighted by molar-refractivity contribution is 7.99. The molecule has 2 nitrogen and oxygen atoms in total. The van der Waals surface area contributed by atoms with Gasteiger partial charge in [-0.05, 0) is 6.92 Å². The molecule has 0 aliphatic rings. The third-order valence-corrected chi connectivity index (χ3v) is 3.79. The van der Waals surface area contributed by atoms with Gasteiger partial charge >= 0.3 is 0 Å². The van der Waals surface area contributed by atoms with E-state index < -0.39 is 0 Å². The average molecular weight is 246 g/mol. The van der Waals surface area contributed by atoms with Gasteiger partial charge in [0.05, 0.1) is 12.8 Å². The number of aromatic nitrogens is 1. The van der Waals surface area contributed by atoms with Crippen LogP contribution in [0.1, 0.15) is 18.3 Å². The molecule has 0 bridgehead atoms. The molecule has 1 aromatic rings. The zero-order valence-corrected chi connectivity index (χ0v) is 10.9. The van der Waals surface area contributed by atoms with E-state index in [0.717, 1.165) is 22.9 Å². The number of nitrogens with zero attached hydrogens (tertiary/aromatic N) is 1. The van der Waals surface area contributed by atoms with E-state index >= 15 is 0 Å². The standard InChI is InChI=1S/C11H16ClNOS/c1-8-4-11(14-3)5-10(13-8)7-15-9(2)6-12/h4-5,9H,6-7H2,1-3H3. The Morgan fingerprint density at radius 2 is 2.27 bits per heavy atom. The predicted molar refractivity (Wildman–Crippen MR) is 67.0 cm³/mol. The van der Waals surface area contributed by atoms with Crippen LogP contribution in [-0.4, -0.2) is 23.2 Å². The van der Waals surface area contributed by atoms with Crippen molar-refractivity contribution < 1.29 is 4.74 Å². The van der Waals surface area contributed by atoms with Crippen molar-refractivity contribution >= 4 is 23.4 Å². The molecule has 1 heterocycles. The first kappa shape index (κ1) is 12.7. The molecule has 0 aliphatic carbocycles. The van der Waals surface area contributed by atoms with Crippen molar-refractivity contribution in [2.75, 3.05) is 13.0 Å². The second-order valence-electron chi connectivity index (χ2n) is 3.42. The quantitative estimate of drug-likeness (QED) is 0.744. The van der Waals surface area contributed by atoms with E-state index in [4.69, 9.17) is 16.3 Å². The average Bonchev–Trinajstić information content (AvgIpc) is 2.25. The van der Waals surface area contributed by atoms with Gasteiger partial charge in [0.1, 0.15) is 5.75 Å². The summed E-state index contributed by atoms with van der Waals surface area (Å²) in [5, 5.41) is 0.458. The molecule has 0 radical (unpaired) electrons. The molecule has 0 saturated carbocycles. The van der Waals surface area contributed by atoms with Gasteiger partial charge in [-0.15, -0.1) is 11.6 Å². The molecule has 0 amide bonds. The van der Waals surface area contributed by atoms with E-state index in [-0.39, 0.29) is 0 Å². The highest BCUT2D eigenvalue weighted by Gasteiger charge is 2.04. The van der Waals surface area contributed by atoms with Gasteiger partial charge in [-0.25, -0.2) is 0 Å². The number of ether oxygens (including phenoxy) is 1. The van der Waals surface area contributed by atoms with Gasteiger partial charge in [0.15, 0.2) is 0 Å². The monoisotopic (exact) mass is 245 g/mol. The number of pyridine rings is 1. The zero-order valence-electron chi connectivity index (χ0n) is 9.29. The van der Waals surface area contributed by atoms with Crippen molar-refractivity contribution in [3.8, 4) is 5.75 Å². The topological polar surface area (TPSA) is 22.1 Å². The smallest absolute Gasteiger partial charge is 0.122 e. The van der Waals surface area contributed by atoms with Crippen LogP contribution in [0.5, 0.6) is 5.75 Å². The summed E-state index contributed by atoms with van der Waals surface area (Å²) in [5.74, 6) is 2.43. The maximum atomic E-state index is 5.74. The number of hydrogen-bond acceptors (Lipinski definition) is 3. The summed E-state index contributed by atoms with van der Waals surface area (Å²) in [7, 11) is 1.67. The van der Waals surface area contributed by atoms with Gasteiger partial charge in [0.25, 0.3) is 0 Å². The molecule has 1 rings (SSSR count). The third-order valence-electron chi connectivity index (χ3n) is 1.95. The van der Waals surface area contributed by atoms with Gasteiger partial charge in [0, 0.05) is 34.7 Å². The highest BCUT2D eigenvalue weighted by atomic mass is 35.5. The van der Waals surface area contributed by atoms with E-state index in [9.17, 15) is 0 Å². The Morgan fingerprint density at radius 3 is 2.87 bits per heavy atom. The van der Waals surface area contributed by atoms with Crippen LogP contribution in [0.25, 0.3) is 0 Å². The number of halogens is 1. The lowest BCUT2D eigenvalue weighted by Gasteiger charge is -2.08. The zero-order chi connectivity index (χ0) is 11.3. The Labute approximate surface area is 100 Å². The second kappa shape index (κ2) is 6.23. The summed E-state index contributed by atoms with van der Waals surface area (Å²) in [5.41, 5.74) is 2.04. The maximum Gasteiger partial charge on any atom is 0.122 e. The molecule has 1 aromatic heterocycles. The molecule has 0 N–H and O–H groups in total. The van der Waals surface area contributed by atoms with Crippen molar-refractivity contribution in [2.45, 2.75) is 24.9 Å². The largest absolute Gasteiger partial charge is 0.497 e. The van der Waals surface area contributed by atoms with Gasteiger partial charge in [-0.2, -0.15) is 11.8 Å². The van der Waals surface area contributed by atoms with Gasteiger partial charge < -0.3 is 4.74 Å². The van der Waals surface area contributed by atoms with Gasteiger partial charge in [-0.3, -0.25) is 4.98 Å². The van der Waals surface area contributed by atoms with Crippen LogP contribution < -0.4 is 4.74 Å². The molecule has 4 heteroatoms. The fourth-order valence-electron chi connectivity index (χ4n) is 1.17.